The number of hydrogen-bond donors (Lipinski definition) is 1. The molecule has 0 radical (unpaired) electrons. The van der Waals surface area contributed by atoms with Gasteiger partial charge in [-0.3, -0.25) is 4.79 Å². The van der Waals surface area contributed by atoms with Crippen LogP contribution in [0.5, 0.6) is 0 Å². The maximum atomic E-state index is 13.1. The van der Waals surface area contributed by atoms with Crippen molar-refractivity contribution < 1.29 is 14.3 Å². The van der Waals surface area contributed by atoms with Gasteiger partial charge >= 0.3 is 5.97 Å². The third-order valence-electron chi connectivity index (χ3n) is 1.65. The van der Waals surface area contributed by atoms with Crippen molar-refractivity contribution in [2.75, 3.05) is 0 Å². The summed E-state index contributed by atoms with van der Waals surface area (Å²) in [6, 6.07) is 4.72. The zero-order valence-corrected chi connectivity index (χ0v) is 8.92. The first-order valence-corrected chi connectivity index (χ1v) is 4.84. The fourth-order valence-corrected chi connectivity index (χ4v) is 1.74. The van der Waals surface area contributed by atoms with E-state index in [2.05, 4.69) is 0 Å². The van der Waals surface area contributed by atoms with E-state index in [-0.39, 0.29) is 18.7 Å². The summed E-state index contributed by atoms with van der Waals surface area (Å²) < 4.78 is 13.9. The Morgan fingerprint density at radius 3 is 2.77 bits per heavy atom. The summed E-state index contributed by atoms with van der Waals surface area (Å²) in [6.45, 7) is 0. The summed E-state index contributed by atoms with van der Waals surface area (Å²) in [5.41, 5.74) is 0.491. The van der Waals surface area contributed by atoms with Crippen LogP contribution in [0.1, 0.15) is 12.0 Å². The van der Waals surface area contributed by atoms with Gasteiger partial charge in [-0.1, -0.05) is 6.07 Å². The molecule has 0 amide bonds. The van der Waals surface area contributed by atoms with Gasteiger partial charge in [0.2, 0.25) is 0 Å². The van der Waals surface area contributed by atoms with Gasteiger partial charge in [0.1, 0.15) is 5.82 Å². The van der Waals surface area contributed by atoms with Crippen molar-refractivity contribution in [1.82, 2.24) is 0 Å². The van der Waals surface area contributed by atoms with Gasteiger partial charge in [-0.25, -0.2) is 4.39 Å². The van der Waals surface area contributed by atoms with Gasteiger partial charge in [0.15, 0.2) is 0 Å². The van der Waals surface area contributed by atoms with E-state index in [1.54, 1.807) is 12.1 Å². The Bertz CT molecular complexity index is 305. The summed E-state index contributed by atoms with van der Waals surface area (Å²) in [5, 5.41) is 8.43. The molecule has 1 N–H and O–H groups in total. The average molecular weight is 294 g/mol. The Hall–Kier alpha value is -0.650. The number of aliphatic carboxylic acids is 1. The lowest BCUT2D eigenvalue weighted by Gasteiger charge is -2.03. The molecule has 0 aliphatic carbocycles. The third-order valence-corrected chi connectivity index (χ3v) is 2.66. The molecule has 0 spiro atoms. The fourth-order valence-electron chi connectivity index (χ4n) is 1.00. The van der Waals surface area contributed by atoms with Crippen molar-refractivity contribution in [3.05, 3.63) is 33.1 Å². The minimum absolute atomic E-state index is 0.0308. The standard InChI is InChI=1S/C9H8FIO2/c10-7-2-1-3-8(11)6(7)4-5-9(12)13/h1-3H,4-5H2,(H,12,13). The molecule has 13 heavy (non-hydrogen) atoms. The van der Waals surface area contributed by atoms with Crippen LogP contribution in [0.2, 0.25) is 0 Å². The highest BCUT2D eigenvalue weighted by Gasteiger charge is 2.07. The molecule has 2 nitrogen and oxygen atoms in total. The highest BCUT2D eigenvalue weighted by atomic mass is 127. The van der Waals surface area contributed by atoms with E-state index in [1.165, 1.54) is 6.07 Å². The van der Waals surface area contributed by atoms with Crippen LogP contribution < -0.4 is 0 Å². The molecule has 0 aliphatic heterocycles. The molecule has 0 aliphatic rings. The van der Waals surface area contributed by atoms with Gasteiger partial charge in [-0.15, -0.1) is 0 Å². The Balaban J connectivity index is 2.81. The minimum atomic E-state index is -0.904. The zero-order valence-electron chi connectivity index (χ0n) is 6.76. The molecule has 0 bridgehead atoms. The quantitative estimate of drug-likeness (QED) is 0.869. The van der Waals surface area contributed by atoms with Crippen LogP contribution in [0.4, 0.5) is 4.39 Å². The normalized spacial score (nSPS) is 10.0. The molecular weight excluding hydrogens is 286 g/mol. The van der Waals surface area contributed by atoms with Gasteiger partial charge in [-0.2, -0.15) is 0 Å². The van der Waals surface area contributed by atoms with E-state index in [0.29, 0.717) is 5.56 Å². The molecule has 70 valence electrons. The Morgan fingerprint density at radius 1 is 1.54 bits per heavy atom. The Kier molecular flexibility index (Phi) is 3.65. The molecule has 0 atom stereocenters. The van der Waals surface area contributed by atoms with Crippen molar-refractivity contribution in [3.8, 4) is 0 Å². The minimum Gasteiger partial charge on any atom is -0.481 e. The van der Waals surface area contributed by atoms with Crippen molar-refractivity contribution >= 4 is 28.6 Å². The summed E-state index contributed by atoms with van der Waals surface area (Å²) >= 11 is 2.00. The molecule has 0 heterocycles. The highest BCUT2D eigenvalue weighted by Crippen LogP contribution is 2.17. The average Bonchev–Trinajstić information content (AvgIpc) is 2.03. The number of hydrogen-bond acceptors (Lipinski definition) is 1. The number of halogens is 2. The maximum absolute atomic E-state index is 13.1. The molecule has 0 fully saturated rings. The van der Waals surface area contributed by atoms with E-state index < -0.39 is 5.97 Å². The largest absolute Gasteiger partial charge is 0.481 e. The molecule has 0 saturated heterocycles. The number of carbonyl (C=O) groups is 1. The monoisotopic (exact) mass is 294 g/mol. The second-order valence-electron chi connectivity index (χ2n) is 2.59. The molecule has 4 heteroatoms. The molecule has 0 saturated carbocycles. The van der Waals surface area contributed by atoms with Gasteiger partial charge in [0.25, 0.3) is 0 Å². The smallest absolute Gasteiger partial charge is 0.303 e. The van der Waals surface area contributed by atoms with Gasteiger partial charge in [-0.05, 0) is 41.1 Å². The van der Waals surface area contributed by atoms with Gasteiger partial charge in [0.05, 0.1) is 0 Å². The highest BCUT2D eigenvalue weighted by molar-refractivity contribution is 14.1. The van der Waals surface area contributed by atoms with Gasteiger partial charge in [0, 0.05) is 15.6 Å². The van der Waals surface area contributed by atoms with Crippen molar-refractivity contribution in [2.24, 2.45) is 0 Å². The summed E-state index contributed by atoms with van der Waals surface area (Å²) in [5.74, 6) is -1.23. The van der Waals surface area contributed by atoms with E-state index in [0.717, 1.165) is 3.57 Å². The van der Waals surface area contributed by atoms with Gasteiger partial charge < -0.3 is 5.11 Å². The number of carboxylic acid groups (broad SMARTS) is 1. The lowest BCUT2D eigenvalue weighted by atomic mass is 10.1. The SMILES string of the molecule is O=C(O)CCc1c(F)cccc1I. The number of carboxylic acids is 1. The second kappa shape index (κ2) is 4.55. The molecular formula is C9H8FIO2. The number of rotatable bonds is 3. The lowest BCUT2D eigenvalue weighted by molar-refractivity contribution is -0.136. The van der Waals surface area contributed by atoms with Crippen molar-refractivity contribution in [2.45, 2.75) is 12.8 Å². The molecule has 0 aromatic heterocycles. The summed E-state index contributed by atoms with van der Waals surface area (Å²) in [4.78, 5) is 10.3. The van der Waals surface area contributed by atoms with E-state index in [9.17, 15) is 9.18 Å². The van der Waals surface area contributed by atoms with Crippen molar-refractivity contribution in [3.63, 3.8) is 0 Å². The third kappa shape index (κ3) is 2.95. The van der Waals surface area contributed by atoms with Crippen LogP contribution in [0.15, 0.2) is 18.2 Å². The predicted octanol–water partition coefficient (Wildman–Crippen LogP) is 2.45. The number of benzene rings is 1. The van der Waals surface area contributed by atoms with E-state index in [1.807, 2.05) is 22.6 Å². The first kappa shape index (κ1) is 10.4. The maximum Gasteiger partial charge on any atom is 0.303 e. The Labute approximate surface area is 88.9 Å². The van der Waals surface area contributed by atoms with Crippen LogP contribution in [0, 0.1) is 9.39 Å². The topological polar surface area (TPSA) is 37.3 Å². The molecule has 1 aromatic carbocycles. The van der Waals surface area contributed by atoms with E-state index >= 15 is 0 Å². The molecule has 1 aromatic rings. The Morgan fingerprint density at radius 2 is 2.23 bits per heavy atom. The predicted molar refractivity (Wildman–Crippen MR) is 55.1 cm³/mol. The van der Waals surface area contributed by atoms with E-state index in [4.69, 9.17) is 5.11 Å². The fraction of sp³-hybridized carbons (Fsp3) is 0.222. The van der Waals surface area contributed by atoms with Crippen LogP contribution >= 0.6 is 22.6 Å². The van der Waals surface area contributed by atoms with Crippen LogP contribution in [0.3, 0.4) is 0 Å². The molecule has 1 rings (SSSR count). The first-order valence-electron chi connectivity index (χ1n) is 3.76. The van der Waals surface area contributed by atoms with Crippen molar-refractivity contribution in [1.29, 1.82) is 0 Å². The second-order valence-corrected chi connectivity index (χ2v) is 3.76. The van der Waals surface area contributed by atoms with Crippen LogP contribution in [0.25, 0.3) is 0 Å². The first-order chi connectivity index (χ1) is 6.11. The summed E-state index contributed by atoms with van der Waals surface area (Å²) in [6.07, 6.45) is 0.219. The lowest BCUT2D eigenvalue weighted by Crippen LogP contribution is -2.01. The molecule has 0 unspecified atom stereocenters. The van der Waals surface area contributed by atoms with Crippen LogP contribution in [-0.4, -0.2) is 11.1 Å². The summed E-state index contributed by atoms with van der Waals surface area (Å²) in [7, 11) is 0. The zero-order chi connectivity index (χ0) is 9.84. The van der Waals surface area contributed by atoms with Crippen LogP contribution in [-0.2, 0) is 11.2 Å².